The van der Waals surface area contributed by atoms with Crippen LogP contribution >= 0.6 is 0 Å². The summed E-state index contributed by atoms with van der Waals surface area (Å²) in [5.74, 6) is 2.25. The molecule has 1 amide bonds. The van der Waals surface area contributed by atoms with Crippen LogP contribution in [0.1, 0.15) is 23.1 Å². The summed E-state index contributed by atoms with van der Waals surface area (Å²) < 4.78 is 11.6. The van der Waals surface area contributed by atoms with Gasteiger partial charge >= 0.3 is 0 Å². The number of ether oxygens (including phenoxy) is 2. The fourth-order valence-corrected chi connectivity index (χ4v) is 2.76. The first kappa shape index (κ1) is 19.5. The predicted octanol–water partition coefficient (Wildman–Crippen LogP) is 5.81. The zero-order valence-electron chi connectivity index (χ0n) is 16.5. The van der Waals surface area contributed by atoms with Gasteiger partial charge in [-0.15, -0.1) is 0 Å². The summed E-state index contributed by atoms with van der Waals surface area (Å²) in [7, 11) is 0. The van der Waals surface area contributed by atoms with E-state index in [0.29, 0.717) is 6.61 Å². The van der Waals surface area contributed by atoms with Crippen molar-refractivity contribution in [3.8, 4) is 17.2 Å². The maximum atomic E-state index is 12.1. The first-order chi connectivity index (χ1) is 13.5. The SMILES string of the molecule is Cc1cccc(Oc2ccc(NC(=O)CCOc3cc(C)ccc3C)cc2)c1. The lowest BCUT2D eigenvalue weighted by Gasteiger charge is -2.11. The van der Waals surface area contributed by atoms with Crippen molar-refractivity contribution in [2.24, 2.45) is 0 Å². The molecule has 4 nitrogen and oxygen atoms in total. The molecule has 28 heavy (non-hydrogen) atoms. The molecule has 144 valence electrons. The van der Waals surface area contributed by atoms with E-state index in [0.717, 1.165) is 39.6 Å². The van der Waals surface area contributed by atoms with Crippen molar-refractivity contribution in [3.05, 3.63) is 83.4 Å². The third-order valence-electron chi connectivity index (χ3n) is 4.29. The number of benzene rings is 3. The summed E-state index contributed by atoms with van der Waals surface area (Å²) in [4.78, 5) is 12.1. The molecule has 3 aromatic rings. The fraction of sp³-hybridized carbons (Fsp3) is 0.208. The molecule has 0 unspecified atom stereocenters. The van der Waals surface area contributed by atoms with Crippen molar-refractivity contribution < 1.29 is 14.3 Å². The Morgan fingerprint density at radius 2 is 1.61 bits per heavy atom. The smallest absolute Gasteiger partial charge is 0.227 e. The molecule has 0 bridgehead atoms. The summed E-state index contributed by atoms with van der Waals surface area (Å²) in [5.41, 5.74) is 4.08. The number of rotatable bonds is 7. The van der Waals surface area contributed by atoms with Gasteiger partial charge in [0.2, 0.25) is 5.91 Å². The van der Waals surface area contributed by atoms with E-state index in [1.54, 1.807) is 0 Å². The summed E-state index contributed by atoms with van der Waals surface area (Å²) in [6.07, 6.45) is 0.287. The quantitative estimate of drug-likeness (QED) is 0.567. The van der Waals surface area contributed by atoms with Crippen LogP contribution in [0.3, 0.4) is 0 Å². The molecule has 0 saturated carbocycles. The van der Waals surface area contributed by atoms with E-state index in [-0.39, 0.29) is 12.3 Å². The molecule has 0 aliphatic heterocycles. The number of anilines is 1. The largest absolute Gasteiger partial charge is 0.493 e. The highest BCUT2D eigenvalue weighted by atomic mass is 16.5. The van der Waals surface area contributed by atoms with Crippen LogP contribution in [0.5, 0.6) is 17.2 Å². The van der Waals surface area contributed by atoms with E-state index in [1.165, 1.54) is 0 Å². The van der Waals surface area contributed by atoms with Crippen molar-refractivity contribution in [3.63, 3.8) is 0 Å². The maximum Gasteiger partial charge on any atom is 0.227 e. The zero-order chi connectivity index (χ0) is 19.9. The van der Waals surface area contributed by atoms with Crippen LogP contribution in [0.25, 0.3) is 0 Å². The number of carbonyl (C=O) groups is 1. The molecule has 3 rings (SSSR count). The Balaban J connectivity index is 1.48. The highest BCUT2D eigenvalue weighted by Gasteiger charge is 2.06. The van der Waals surface area contributed by atoms with E-state index >= 15 is 0 Å². The minimum absolute atomic E-state index is 0.0855. The molecule has 3 aromatic carbocycles. The van der Waals surface area contributed by atoms with E-state index in [4.69, 9.17) is 9.47 Å². The minimum Gasteiger partial charge on any atom is -0.493 e. The van der Waals surface area contributed by atoms with Gasteiger partial charge in [-0.1, -0.05) is 24.3 Å². The molecule has 0 atom stereocenters. The molecule has 1 N–H and O–H groups in total. The number of hydrogen-bond donors (Lipinski definition) is 1. The Labute approximate surface area is 166 Å². The average Bonchev–Trinajstić information content (AvgIpc) is 2.66. The molecular formula is C24H25NO3. The molecule has 0 aliphatic rings. The van der Waals surface area contributed by atoms with Crippen LogP contribution in [0.4, 0.5) is 5.69 Å². The van der Waals surface area contributed by atoms with Gasteiger partial charge < -0.3 is 14.8 Å². The van der Waals surface area contributed by atoms with E-state index in [2.05, 4.69) is 5.32 Å². The summed E-state index contributed by atoms with van der Waals surface area (Å²) in [6, 6.07) is 21.3. The standard InChI is InChI=1S/C24H25NO3/c1-17-5-4-6-22(15-17)28-21-11-9-20(10-12-21)25-24(26)13-14-27-23-16-18(2)7-8-19(23)3/h4-12,15-16H,13-14H2,1-3H3,(H,25,26). The Morgan fingerprint density at radius 1 is 0.857 bits per heavy atom. The van der Waals surface area contributed by atoms with Crippen LogP contribution in [0.15, 0.2) is 66.7 Å². The van der Waals surface area contributed by atoms with E-state index < -0.39 is 0 Å². The van der Waals surface area contributed by atoms with Gasteiger partial charge in [0, 0.05) is 5.69 Å². The Morgan fingerprint density at radius 3 is 2.36 bits per heavy atom. The Hall–Kier alpha value is -3.27. The van der Waals surface area contributed by atoms with Crippen molar-refractivity contribution >= 4 is 11.6 Å². The number of amides is 1. The third kappa shape index (κ3) is 5.61. The van der Waals surface area contributed by atoms with E-state index in [9.17, 15) is 4.79 Å². The van der Waals surface area contributed by atoms with Crippen molar-refractivity contribution in [1.82, 2.24) is 0 Å². The van der Waals surface area contributed by atoms with Gasteiger partial charge in [-0.05, 0) is 79.9 Å². The van der Waals surface area contributed by atoms with Gasteiger partial charge in [-0.2, -0.15) is 0 Å². The third-order valence-corrected chi connectivity index (χ3v) is 4.29. The molecule has 0 aromatic heterocycles. The van der Waals surface area contributed by atoms with Gasteiger partial charge in [0.05, 0.1) is 13.0 Å². The highest BCUT2D eigenvalue weighted by molar-refractivity contribution is 5.90. The molecule has 0 radical (unpaired) electrons. The van der Waals surface area contributed by atoms with Gasteiger partial charge in [-0.25, -0.2) is 0 Å². The van der Waals surface area contributed by atoms with Gasteiger partial charge in [-0.3, -0.25) is 4.79 Å². The molecular weight excluding hydrogens is 350 g/mol. The lowest BCUT2D eigenvalue weighted by molar-refractivity contribution is -0.116. The molecule has 0 fully saturated rings. The summed E-state index contributed by atoms with van der Waals surface area (Å²) in [6.45, 7) is 6.38. The zero-order valence-corrected chi connectivity index (χ0v) is 16.5. The lowest BCUT2D eigenvalue weighted by atomic mass is 10.1. The second-order valence-corrected chi connectivity index (χ2v) is 6.86. The normalized spacial score (nSPS) is 10.4. The first-order valence-electron chi connectivity index (χ1n) is 9.34. The summed E-state index contributed by atoms with van der Waals surface area (Å²) >= 11 is 0. The Kier molecular flexibility index (Phi) is 6.33. The second-order valence-electron chi connectivity index (χ2n) is 6.86. The molecule has 0 spiro atoms. The Bertz CT molecular complexity index is 948. The van der Waals surface area contributed by atoms with Crippen molar-refractivity contribution in [1.29, 1.82) is 0 Å². The van der Waals surface area contributed by atoms with Crippen LogP contribution in [0.2, 0.25) is 0 Å². The van der Waals surface area contributed by atoms with Crippen LogP contribution in [-0.2, 0) is 4.79 Å². The molecule has 4 heteroatoms. The number of carbonyl (C=O) groups excluding carboxylic acids is 1. The fourth-order valence-electron chi connectivity index (χ4n) is 2.76. The molecule has 0 saturated heterocycles. The molecule has 0 heterocycles. The monoisotopic (exact) mass is 375 g/mol. The molecule has 0 aliphatic carbocycles. The second kappa shape index (κ2) is 9.09. The first-order valence-corrected chi connectivity index (χ1v) is 9.34. The number of nitrogens with one attached hydrogen (secondary N) is 1. The van der Waals surface area contributed by atoms with Crippen molar-refractivity contribution in [2.45, 2.75) is 27.2 Å². The minimum atomic E-state index is -0.0855. The van der Waals surface area contributed by atoms with Gasteiger partial charge in [0.25, 0.3) is 0 Å². The van der Waals surface area contributed by atoms with Gasteiger partial charge in [0.15, 0.2) is 0 Å². The van der Waals surface area contributed by atoms with Gasteiger partial charge in [0.1, 0.15) is 17.2 Å². The van der Waals surface area contributed by atoms with Crippen LogP contribution < -0.4 is 14.8 Å². The maximum absolute atomic E-state index is 12.1. The predicted molar refractivity (Wildman–Crippen MR) is 112 cm³/mol. The number of hydrogen-bond acceptors (Lipinski definition) is 3. The van der Waals surface area contributed by atoms with Crippen molar-refractivity contribution in [2.75, 3.05) is 11.9 Å². The van der Waals surface area contributed by atoms with Crippen LogP contribution in [0, 0.1) is 20.8 Å². The highest BCUT2D eigenvalue weighted by Crippen LogP contribution is 2.24. The lowest BCUT2D eigenvalue weighted by Crippen LogP contribution is -2.15. The number of aryl methyl sites for hydroxylation is 3. The summed E-state index contributed by atoms with van der Waals surface area (Å²) in [5, 5.41) is 2.88. The average molecular weight is 375 g/mol. The topological polar surface area (TPSA) is 47.6 Å². The van der Waals surface area contributed by atoms with E-state index in [1.807, 2.05) is 87.5 Å². The van der Waals surface area contributed by atoms with Crippen LogP contribution in [-0.4, -0.2) is 12.5 Å².